The van der Waals surface area contributed by atoms with Gasteiger partial charge in [0.25, 0.3) is 0 Å². The van der Waals surface area contributed by atoms with Gasteiger partial charge in [0.15, 0.2) is 0 Å². The third kappa shape index (κ3) is 3.23. The van der Waals surface area contributed by atoms with E-state index in [1.165, 1.54) is 0 Å². The summed E-state index contributed by atoms with van der Waals surface area (Å²) in [5.41, 5.74) is -5.36. The molecular weight excluding hydrogens is 245 g/mol. The Morgan fingerprint density at radius 2 is 1.69 bits per heavy atom. The number of halogens is 7. The van der Waals surface area contributed by atoms with Crippen molar-refractivity contribution < 1.29 is 35.5 Å². The van der Waals surface area contributed by atoms with Gasteiger partial charge in [-0.05, 0) is 6.42 Å². The van der Waals surface area contributed by atoms with Gasteiger partial charge in [-0.25, -0.2) is 8.78 Å². The second-order valence-corrected chi connectivity index (χ2v) is 3.01. The standard InChI is InChI=1S/C8H10F7O/c1-2-3-4-16-6(11)7(12,5(9)10)8(13,14)15/h6H,2-4H2,1H3. The van der Waals surface area contributed by atoms with Crippen molar-refractivity contribution in [1.29, 1.82) is 0 Å². The molecule has 97 valence electrons. The highest BCUT2D eigenvalue weighted by Gasteiger charge is 2.70. The highest BCUT2D eigenvalue weighted by Crippen LogP contribution is 2.46. The van der Waals surface area contributed by atoms with Crippen molar-refractivity contribution >= 4 is 0 Å². The van der Waals surface area contributed by atoms with E-state index in [0.29, 0.717) is 6.42 Å². The van der Waals surface area contributed by atoms with Crippen molar-refractivity contribution in [3.63, 3.8) is 0 Å². The predicted octanol–water partition coefficient (Wildman–Crippen LogP) is 3.80. The molecule has 0 aliphatic rings. The first kappa shape index (κ1) is 15.5. The molecule has 1 radical (unpaired) electrons. The minimum Gasteiger partial charge on any atom is -0.345 e. The van der Waals surface area contributed by atoms with Crippen molar-refractivity contribution in [1.82, 2.24) is 0 Å². The van der Waals surface area contributed by atoms with Crippen LogP contribution in [0.3, 0.4) is 0 Å². The van der Waals surface area contributed by atoms with Gasteiger partial charge in [-0.2, -0.15) is 22.0 Å². The van der Waals surface area contributed by atoms with Crippen LogP contribution in [0.15, 0.2) is 0 Å². The normalized spacial score (nSPS) is 18.6. The van der Waals surface area contributed by atoms with Crippen molar-refractivity contribution in [2.45, 2.75) is 38.0 Å². The Labute approximate surface area is 87.6 Å². The minimum absolute atomic E-state index is 0.141. The molecule has 0 aromatic rings. The number of hydrogen-bond donors (Lipinski definition) is 0. The van der Waals surface area contributed by atoms with Crippen LogP contribution in [0.1, 0.15) is 19.8 Å². The number of rotatable bonds is 6. The van der Waals surface area contributed by atoms with Crippen LogP contribution in [0, 0.1) is 6.43 Å². The maximum Gasteiger partial charge on any atom is 0.434 e. The van der Waals surface area contributed by atoms with E-state index in [2.05, 4.69) is 4.74 Å². The van der Waals surface area contributed by atoms with Crippen LogP contribution in [-0.4, -0.2) is 24.8 Å². The molecule has 0 heterocycles. The monoisotopic (exact) mass is 255 g/mol. The maximum atomic E-state index is 12.8. The van der Waals surface area contributed by atoms with Crippen LogP contribution in [0.5, 0.6) is 0 Å². The number of hydrogen-bond acceptors (Lipinski definition) is 1. The topological polar surface area (TPSA) is 9.23 Å². The molecule has 0 bridgehead atoms. The first-order valence-corrected chi connectivity index (χ1v) is 4.37. The second-order valence-electron chi connectivity index (χ2n) is 3.01. The summed E-state index contributed by atoms with van der Waals surface area (Å²) in [6, 6.07) is 0. The van der Waals surface area contributed by atoms with E-state index in [4.69, 9.17) is 0 Å². The largest absolute Gasteiger partial charge is 0.434 e. The molecule has 0 aromatic carbocycles. The minimum atomic E-state index is -6.06. The number of alkyl halides is 5. The Balaban J connectivity index is 4.66. The van der Waals surface area contributed by atoms with Crippen molar-refractivity contribution in [2.75, 3.05) is 6.61 Å². The SMILES string of the molecule is CCCCOC(F)C(F)([C](F)F)C(F)(F)F. The third-order valence-corrected chi connectivity index (χ3v) is 1.76. The van der Waals surface area contributed by atoms with E-state index >= 15 is 0 Å². The molecule has 0 aromatic heterocycles. The average Bonchev–Trinajstić information content (AvgIpc) is 2.14. The molecule has 0 spiro atoms. The molecule has 0 amide bonds. The van der Waals surface area contributed by atoms with Gasteiger partial charge in [-0.3, -0.25) is 0 Å². The highest BCUT2D eigenvalue weighted by molar-refractivity contribution is 5.02. The van der Waals surface area contributed by atoms with E-state index in [1.54, 1.807) is 6.92 Å². The Bertz CT molecular complexity index is 205. The van der Waals surface area contributed by atoms with Gasteiger partial charge in [0.2, 0.25) is 6.36 Å². The van der Waals surface area contributed by atoms with Gasteiger partial charge in [0, 0.05) is 0 Å². The Morgan fingerprint density at radius 1 is 1.19 bits per heavy atom. The summed E-state index contributed by atoms with van der Waals surface area (Å²) < 4.78 is 88.7. The smallest absolute Gasteiger partial charge is 0.345 e. The maximum absolute atomic E-state index is 12.8. The van der Waals surface area contributed by atoms with E-state index in [9.17, 15) is 30.7 Å². The van der Waals surface area contributed by atoms with Gasteiger partial charge in [0.05, 0.1) is 6.61 Å². The first-order valence-electron chi connectivity index (χ1n) is 4.37. The molecule has 16 heavy (non-hydrogen) atoms. The summed E-state index contributed by atoms with van der Waals surface area (Å²) in [5, 5.41) is 0. The van der Waals surface area contributed by atoms with E-state index < -0.39 is 31.2 Å². The first-order chi connectivity index (χ1) is 7.17. The van der Waals surface area contributed by atoms with Gasteiger partial charge in [-0.15, -0.1) is 0 Å². The fourth-order valence-corrected chi connectivity index (χ4v) is 0.768. The van der Waals surface area contributed by atoms with Crippen molar-refractivity contribution in [2.24, 2.45) is 0 Å². The molecule has 0 aliphatic carbocycles. The molecule has 0 fully saturated rings. The fraction of sp³-hybridized carbons (Fsp3) is 0.875. The van der Waals surface area contributed by atoms with E-state index in [-0.39, 0.29) is 6.42 Å². The summed E-state index contributed by atoms with van der Waals surface area (Å²) in [5.74, 6) is 0. The van der Waals surface area contributed by atoms with Crippen LogP contribution in [-0.2, 0) is 4.74 Å². The molecule has 1 nitrogen and oxygen atoms in total. The molecule has 0 saturated heterocycles. The van der Waals surface area contributed by atoms with Crippen molar-refractivity contribution in [3.05, 3.63) is 6.43 Å². The summed E-state index contributed by atoms with van der Waals surface area (Å²) in [7, 11) is 0. The molecule has 8 heteroatoms. The van der Waals surface area contributed by atoms with Gasteiger partial charge in [-0.1, -0.05) is 13.3 Å². The zero-order valence-corrected chi connectivity index (χ0v) is 8.25. The zero-order valence-electron chi connectivity index (χ0n) is 8.25. The molecule has 0 N–H and O–H groups in total. The lowest BCUT2D eigenvalue weighted by Crippen LogP contribution is -2.52. The number of unbranched alkanes of at least 4 members (excludes halogenated alkanes) is 1. The van der Waals surface area contributed by atoms with Crippen LogP contribution in [0.4, 0.5) is 30.7 Å². The second kappa shape index (κ2) is 5.70. The van der Waals surface area contributed by atoms with E-state index in [0.717, 1.165) is 0 Å². The van der Waals surface area contributed by atoms with Gasteiger partial charge >= 0.3 is 18.3 Å². The van der Waals surface area contributed by atoms with Crippen LogP contribution >= 0.6 is 0 Å². The van der Waals surface area contributed by atoms with Gasteiger partial charge < -0.3 is 4.74 Å². The lowest BCUT2D eigenvalue weighted by molar-refractivity contribution is -0.300. The van der Waals surface area contributed by atoms with Crippen LogP contribution < -0.4 is 0 Å². The Kier molecular flexibility index (Phi) is 5.51. The molecule has 2 atom stereocenters. The summed E-state index contributed by atoms with van der Waals surface area (Å²) >= 11 is 0. The summed E-state index contributed by atoms with van der Waals surface area (Å²) in [6.07, 6.45) is -12.9. The summed E-state index contributed by atoms with van der Waals surface area (Å²) in [4.78, 5) is 0. The quantitative estimate of drug-likeness (QED) is 0.518. The predicted molar refractivity (Wildman–Crippen MR) is 41.1 cm³/mol. The lowest BCUT2D eigenvalue weighted by atomic mass is 10.1. The molecular formula is C8H10F7O. The average molecular weight is 255 g/mol. The fourth-order valence-electron chi connectivity index (χ4n) is 0.768. The molecule has 2 unspecified atom stereocenters. The highest BCUT2D eigenvalue weighted by atomic mass is 19.4. The van der Waals surface area contributed by atoms with E-state index in [1.807, 2.05) is 0 Å². The Morgan fingerprint density at radius 3 is 2.00 bits per heavy atom. The Hall–Kier alpha value is -0.530. The van der Waals surface area contributed by atoms with Crippen LogP contribution in [0.25, 0.3) is 0 Å². The molecule has 0 saturated carbocycles. The number of ether oxygens (including phenoxy) is 1. The third-order valence-electron chi connectivity index (χ3n) is 1.76. The summed E-state index contributed by atoms with van der Waals surface area (Å²) in [6.45, 7) is 1.05. The van der Waals surface area contributed by atoms with Crippen molar-refractivity contribution in [3.8, 4) is 0 Å². The van der Waals surface area contributed by atoms with Crippen LogP contribution in [0.2, 0.25) is 0 Å². The molecule has 0 rings (SSSR count). The lowest BCUT2D eigenvalue weighted by Gasteiger charge is -2.28. The zero-order chi connectivity index (χ0) is 13.0. The molecule has 0 aliphatic heterocycles. The van der Waals surface area contributed by atoms with Gasteiger partial charge in [0.1, 0.15) is 0 Å².